The summed E-state index contributed by atoms with van der Waals surface area (Å²) in [4.78, 5) is 11.2. The molecule has 7 heteroatoms. The van der Waals surface area contributed by atoms with Crippen LogP contribution in [-0.2, 0) is 11.2 Å². The van der Waals surface area contributed by atoms with Crippen LogP contribution in [0.2, 0.25) is 0 Å². The van der Waals surface area contributed by atoms with Gasteiger partial charge in [0.2, 0.25) is 0 Å². The summed E-state index contributed by atoms with van der Waals surface area (Å²) in [6.07, 6.45) is 13.6. The monoisotopic (exact) mass is 396 g/mol. The molecule has 5 rings (SSSR count). The van der Waals surface area contributed by atoms with E-state index >= 15 is 0 Å². The second-order valence-electron chi connectivity index (χ2n) is 9.63. The number of anilines is 1. The van der Waals surface area contributed by atoms with Crippen LogP contribution in [0.1, 0.15) is 51.3 Å². The van der Waals surface area contributed by atoms with Crippen LogP contribution in [0, 0.1) is 23.7 Å². The summed E-state index contributed by atoms with van der Waals surface area (Å²) in [5, 5.41) is 8.98. The summed E-state index contributed by atoms with van der Waals surface area (Å²) < 4.78 is 8.59. The van der Waals surface area contributed by atoms with Gasteiger partial charge in [0, 0.05) is 38.3 Å². The first kappa shape index (κ1) is 19.0. The predicted molar refractivity (Wildman–Crippen MR) is 111 cm³/mol. The molecule has 2 aliphatic carbocycles. The van der Waals surface area contributed by atoms with Gasteiger partial charge in [-0.05, 0) is 55.8 Å². The molecule has 0 amide bonds. The molecule has 0 N–H and O–H groups in total. The largest absolute Gasteiger partial charge is 0.376 e. The first-order valence-electron chi connectivity index (χ1n) is 11.2. The minimum Gasteiger partial charge on any atom is -0.376 e. The average molecular weight is 397 g/mol. The Hall–Kier alpha value is -2.02. The Labute approximate surface area is 172 Å². The van der Waals surface area contributed by atoms with Crippen molar-refractivity contribution >= 4 is 5.82 Å². The van der Waals surface area contributed by atoms with E-state index in [1.54, 1.807) is 12.4 Å². The molecule has 0 spiro atoms. The van der Waals surface area contributed by atoms with Gasteiger partial charge in [-0.3, -0.25) is 4.98 Å². The van der Waals surface area contributed by atoms with Crippen LogP contribution in [0.15, 0.2) is 24.8 Å². The van der Waals surface area contributed by atoms with Crippen LogP contribution < -0.4 is 4.90 Å². The van der Waals surface area contributed by atoms with E-state index in [4.69, 9.17) is 4.74 Å². The van der Waals surface area contributed by atoms with Crippen LogP contribution in [0.5, 0.6) is 0 Å². The van der Waals surface area contributed by atoms with E-state index in [9.17, 15) is 0 Å². The summed E-state index contributed by atoms with van der Waals surface area (Å²) >= 11 is 0. The molecular weight excluding hydrogens is 364 g/mol. The van der Waals surface area contributed by atoms with E-state index in [2.05, 4.69) is 49.9 Å². The second kappa shape index (κ2) is 8.01. The van der Waals surface area contributed by atoms with Gasteiger partial charge in [0.15, 0.2) is 0 Å². The van der Waals surface area contributed by atoms with Crippen molar-refractivity contribution in [2.75, 3.05) is 24.6 Å². The van der Waals surface area contributed by atoms with Crippen LogP contribution in [-0.4, -0.2) is 50.8 Å². The van der Waals surface area contributed by atoms with Gasteiger partial charge in [0.1, 0.15) is 5.82 Å². The normalized spacial score (nSPS) is 29.4. The molecule has 3 aliphatic rings. The summed E-state index contributed by atoms with van der Waals surface area (Å²) in [6.45, 7) is 7.45. The molecule has 4 atom stereocenters. The molecule has 0 radical (unpaired) electrons. The minimum atomic E-state index is 0.229. The van der Waals surface area contributed by atoms with Crippen molar-refractivity contribution in [1.82, 2.24) is 25.0 Å². The zero-order valence-corrected chi connectivity index (χ0v) is 17.5. The molecule has 0 aromatic carbocycles. The topological polar surface area (TPSA) is 69.0 Å². The maximum atomic E-state index is 6.48. The van der Waals surface area contributed by atoms with E-state index < -0.39 is 0 Å². The van der Waals surface area contributed by atoms with E-state index in [-0.39, 0.29) is 12.1 Å². The number of fused-ring (bicyclic) bond motifs is 1. The highest BCUT2D eigenvalue weighted by atomic mass is 16.5. The van der Waals surface area contributed by atoms with Gasteiger partial charge in [-0.2, -0.15) is 0 Å². The lowest BCUT2D eigenvalue weighted by Gasteiger charge is -2.37. The third-order valence-electron chi connectivity index (χ3n) is 6.72. The van der Waals surface area contributed by atoms with Gasteiger partial charge < -0.3 is 9.64 Å². The number of nitrogens with zero attached hydrogens (tertiary/aromatic N) is 6. The lowest BCUT2D eigenvalue weighted by atomic mass is 9.77. The van der Waals surface area contributed by atoms with Crippen LogP contribution in [0.4, 0.5) is 5.82 Å². The SMILES string of the molecule is CC(C)Cc1cn([C@@H]2C[C@@H]3CN(c4cnccn4)C[C@@H]3C[C@H]2OCC2CC2)nn1. The lowest BCUT2D eigenvalue weighted by molar-refractivity contribution is -0.0375. The molecule has 7 nitrogen and oxygen atoms in total. The fourth-order valence-electron chi connectivity index (χ4n) is 5.02. The van der Waals surface area contributed by atoms with E-state index in [0.29, 0.717) is 17.8 Å². The van der Waals surface area contributed by atoms with Crippen LogP contribution >= 0.6 is 0 Å². The maximum absolute atomic E-state index is 6.48. The van der Waals surface area contributed by atoms with Gasteiger partial charge in [-0.25, -0.2) is 9.67 Å². The van der Waals surface area contributed by atoms with Gasteiger partial charge in [-0.15, -0.1) is 5.10 Å². The summed E-state index contributed by atoms with van der Waals surface area (Å²) in [5.74, 6) is 3.65. The molecule has 1 saturated heterocycles. The summed E-state index contributed by atoms with van der Waals surface area (Å²) in [5.41, 5.74) is 1.09. The van der Waals surface area contributed by atoms with Gasteiger partial charge in [0.25, 0.3) is 0 Å². The van der Waals surface area contributed by atoms with Gasteiger partial charge >= 0.3 is 0 Å². The number of rotatable bonds is 7. The Morgan fingerprint density at radius 1 is 1.14 bits per heavy atom. The summed E-state index contributed by atoms with van der Waals surface area (Å²) in [6, 6.07) is 0.283. The van der Waals surface area contributed by atoms with Crippen LogP contribution in [0.25, 0.3) is 0 Å². The first-order valence-corrected chi connectivity index (χ1v) is 11.2. The Morgan fingerprint density at radius 2 is 1.97 bits per heavy atom. The van der Waals surface area contributed by atoms with Crippen molar-refractivity contribution in [2.45, 2.75) is 58.1 Å². The second-order valence-corrected chi connectivity index (χ2v) is 9.63. The van der Waals surface area contributed by atoms with Crippen molar-refractivity contribution in [3.63, 3.8) is 0 Å². The Morgan fingerprint density at radius 3 is 2.69 bits per heavy atom. The smallest absolute Gasteiger partial charge is 0.147 e. The number of aromatic nitrogens is 5. The predicted octanol–water partition coefficient (Wildman–Crippen LogP) is 3.15. The van der Waals surface area contributed by atoms with E-state index in [1.165, 1.54) is 12.8 Å². The molecule has 156 valence electrons. The average Bonchev–Trinajstić information content (AvgIpc) is 3.28. The van der Waals surface area contributed by atoms with E-state index in [1.807, 2.05) is 6.20 Å². The number of hydrogen-bond donors (Lipinski definition) is 0. The Bertz CT molecular complexity index is 805. The van der Waals surface area contributed by atoms with Gasteiger partial charge in [-0.1, -0.05) is 19.1 Å². The van der Waals surface area contributed by atoms with Crippen molar-refractivity contribution in [2.24, 2.45) is 23.7 Å². The molecule has 29 heavy (non-hydrogen) atoms. The molecule has 3 heterocycles. The number of ether oxygens (including phenoxy) is 1. The lowest BCUT2D eigenvalue weighted by Crippen LogP contribution is -2.38. The fourth-order valence-corrected chi connectivity index (χ4v) is 5.02. The van der Waals surface area contributed by atoms with Crippen LogP contribution in [0.3, 0.4) is 0 Å². The maximum Gasteiger partial charge on any atom is 0.147 e. The van der Waals surface area contributed by atoms with Crippen molar-refractivity contribution < 1.29 is 4.74 Å². The molecule has 2 saturated carbocycles. The first-order chi connectivity index (χ1) is 14.2. The Kier molecular flexibility index (Phi) is 5.24. The number of hydrogen-bond acceptors (Lipinski definition) is 6. The molecule has 2 aromatic heterocycles. The van der Waals surface area contributed by atoms with Gasteiger partial charge in [0.05, 0.1) is 24.0 Å². The molecule has 3 fully saturated rings. The standard InChI is InChI=1S/C22H32N6O/c1-15(2)7-19-13-28(26-25-19)20-8-17-11-27(22-10-23-5-6-24-22)12-18(17)9-21(20)29-14-16-3-4-16/h5-6,10,13,15-18,20-21H,3-4,7-9,11-12,14H2,1-2H3/t17-,18+,20-,21-/m1/s1. The molecular formula is C22H32N6O. The zero-order valence-electron chi connectivity index (χ0n) is 17.5. The molecule has 0 bridgehead atoms. The molecule has 1 aliphatic heterocycles. The summed E-state index contributed by atoms with van der Waals surface area (Å²) in [7, 11) is 0. The van der Waals surface area contributed by atoms with Crippen molar-refractivity contribution in [3.05, 3.63) is 30.5 Å². The zero-order chi connectivity index (χ0) is 19.8. The highest BCUT2D eigenvalue weighted by molar-refractivity contribution is 5.37. The Balaban J connectivity index is 1.32. The third-order valence-corrected chi connectivity index (χ3v) is 6.72. The fraction of sp³-hybridized carbons (Fsp3) is 0.727. The highest BCUT2D eigenvalue weighted by Crippen LogP contribution is 2.44. The molecule has 0 unspecified atom stereocenters. The third kappa shape index (κ3) is 4.29. The quantitative estimate of drug-likeness (QED) is 0.716. The van der Waals surface area contributed by atoms with Crippen molar-refractivity contribution in [3.8, 4) is 0 Å². The van der Waals surface area contributed by atoms with E-state index in [0.717, 1.165) is 56.4 Å². The van der Waals surface area contributed by atoms with Crippen molar-refractivity contribution in [1.29, 1.82) is 0 Å². The highest BCUT2D eigenvalue weighted by Gasteiger charge is 2.44. The minimum absolute atomic E-state index is 0.229. The molecule has 2 aromatic rings.